The summed E-state index contributed by atoms with van der Waals surface area (Å²) in [6.07, 6.45) is 4.98. The summed E-state index contributed by atoms with van der Waals surface area (Å²) in [7, 11) is 0. The second-order valence-corrected chi connectivity index (χ2v) is 6.66. The molecule has 1 saturated heterocycles. The van der Waals surface area contributed by atoms with Crippen LogP contribution < -0.4 is 5.73 Å². The third kappa shape index (κ3) is 2.90. The molecule has 0 spiro atoms. The van der Waals surface area contributed by atoms with Crippen LogP contribution in [0.5, 0.6) is 0 Å². The SMILES string of the molecule is CC[C@@](CN)(CCN1CCCC1)c1cccc2ccccc12. The lowest BCUT2D eigenvalue weighted by molar-refractivity contribution is 0.276. The molecule has 2 nitrogen and oxygen atoms in total. The van der Waals surface area contributed by atoms with Gasteiger partial charge in [-0.3, -0.25) is 0 Å². The zero-order chi connectivity index (χ0) is 15.4. The van der Waals surface area contributed by atoms with Crippen molar-refractivity contribution in [1.82, 2.24) is 4.90 Å². The van der Waals surface area contributed by atoms with Gasteiger partial charge in [0, 0.05) is 12.0 Å². The average Bonchev–Trinajstić information content (AvgIpc) is 3.10. The fourth-order valence-electron chi connectivity index (χ4n) is 3.92. The van der Waals surface area contributed by atoms with Crippen LogP contribution in [-0.2, 0) is 5.41 Å². The van der Waals surface area contributed by atoms with Gasteiger partial charge >= 0.3 is 0 Å². The smallest absolute Gasteiger partial charge is 0.00912 e. The first kappa shape index (κ1) is 15.5. The largest absolute Gasteiger partial charge is 0.330 e. The number of nitrogens with two attached hydrogens (primary N) is 1. The first-order valence-corrected chi connectivity index (χ1v) is 8.70. The molecule has 0 aliphatic carbocycles. The van der Waals surface area contributed by atoms with Gasteiger partial charge in [0.05, 0.1) is 0 Å². The lowest BCUT2D eigenvalue weighted by Gasteiger charge is -2.35. The highest BCUT2D eigenvalue weighted by Gasteiger charge is 2.31. The van der Waals surface area contributed by atoms with Crippen LogP contribution in [0.3, 0.4) is 0 Å². The lowest BCUT2D eigenvalue weighted by atomic mass is 9.73. The standard InChI is InChI=1S/C20H28N2/c1-2-20(16-21,12-15-22-13-5-6-14-22)19-11-7-9-17-8-3-4-10-18(17)19/h3-4,7-11H,2,5-6,12-16,21H2,1H3/t20-/m0/s1. The predicted octanol–water partition coefficient (Wildman–Crippen LogP) is 3.93. The fourth-order valence-corrected chi connectivity index (χ4v) is 3.92. The van der Waals surface area contributed by atoms with Crippen molar-refractivity contribution in [2.45, 2.75) is 38.0 Å². The number of benzene rings is 2. The Labute approximate surface area is 134 Å². The monoisotopic (exact) mass is 296 g/mol. The summed E-state index contributed by atoms with van der Waals surface area (Å²) in [6, 6.07) is 15.4. The zero-order valence-corrected chi connectivity index (χ0v) is 13.7. The molecule has 1 fully saturated rings. The second kappa shape index (κ2) is 6.80. The topological polar surface area (TPSA) is 29.3 Å². The summed E-state index contributed by atoms with van der Waals surface area (Å²) < 4.78 is 0. The number of nitrogens with zero attached hydrogens (tertiary/aromatic N) is 1. The molecule has 1 atom stereocenters. The Morgan fingerprint density at radius 2 is 1.77 bits per heavy atom. The van der Waals surface area contributed by atoms with Crippen LogP contribution in [0, 0.1) is 0 Å². The Kier molecular flexibility index (Phi) is 4.80. The molecule has 2 N–H and O–H groups in total. The van der Waals surface area contributed by atoms with E-state index >= 15 is 0 Å². The molecule has 0 saturated carbocycles. The Morgan fingerprint density at radius 1 is 1.05 bits per heavy atom. The van der Waals surface area contributed by atoms with Crippen molar-refractivity contribution in [3.63, 3.8) is 0 Å². The molecule has 22 heavy (non-hydrogen) atoms. The van der Waals surface area contributed by atoms with Crippen LogP contribution in [0.15, 0.2) is 42.5 Å². The minimum Gasteiger partial charge on any atom is -0.330 e. The Morgan fingerprint density at radius 3 is 2.50 bits per heavy atom. The molecule has 2 aromatic carbocycles. The molecule has 1 aliphatic heterocycles. The zero-order valence-electron chi connectivity index (χ0n) is 13.7. The highest BCUT2D eigenvalue weighted by molar-refractivity contribution is 5.86. The summed E-state index contributed by atoms with van der Waals surface area (Å²) in [4.78, 5) is 2.60. The average molecular weight is 296 g/mol. The number of hydrogen-bond acceptors (Lipinski definition) is 2. The van der Waals surface area contributed by atoms with E-state index < -0.39 is 0 Å². The van der Waals surface area contributed by atoms with E-state index in [1.807, 2.05) is 0 Å². The van der Waals surface area contributed by atoms with Crippen molar-refractivity contribution in [1.29, 1.82) is 0 Å². The number of fused-ring (bicyclic) bond motifs is 1. The number of hydrogen-bond donors (Lipinski definition) is 1. The van der Waals surface area contributed by atoms with Crippen molar-refractivity contribution >= 4 is 10.8 Å². The van der Waals surface area contributed by atoms with Gasteiger partial charge in [0.25, 0.3) is 0 Å². The normalized spacial score (nSPS) is 18.6. The van der Waals surface area contributed by atoms with Gasteiger partial charge in [-0.05, 0) is 61.7 Å². The molecule has 1 aliphatic rings. The van der Waals surface area contributed by atoms with E-state index in [0.29, 0.717) is 0 Å². The Hall–Kier alpha value is -1.38. The van der Waals surface area contributed by atoms with Crippen LogP contribution in [0.4, 0.5) is 0 Å². The second-order valence-electron chi connectivity index (χ2n) is 6.66. The van der Waals surface area contributed by atoms with E-state index in [-0.39, 0.29) is 5.41 Å². The Balaban J connectivity index is 1.93. The number of likely N-dealkylation sites (tertiary alicyclic amines) is 1. The van der Waals surface area contributed by atoms with Crippen LogP contribution >= 0.6 is 0 Å². The first-order chi connectivity index (χ1) is 10.8. The maximum Gasteiger partial charge on any atom is 0.00912 e. The summed E-state index contributed by atoms with van der Waals surface area (Å²) in [5.41, 5.74) is 7.85. The van der Waals surface area contributed by atoms with E-state index in [0.717, 1.165) is 19.4 Å². The third-order valence-electron chi connectivity index (χ3n) is 5.53. The van der Waals surface area contributed by atoms with Crippen molar-refractivity contribution in [3.05, 3.63) is 48.0 Å². The van der Waals surface area contributed by atoms with Gasteiger partial charge in [0.2, 0.25) is 0 Å². The molecule has 0 unspecified atom stereocenters. The quantitative estimate of drug-likeness (QED) is 0.875. The lowest BCUT2D eigenvalue weighted by Crippen LogP contribution is -2.38. The van der Waals surface area contributed by atoms with Gasteiger partial charge in [-0.15, -0.1) is 0 Å². The molecule has 0 amide bonds. The van der Waals surface area contributed by atoms with Gasteiger partial charge in [0.1, 0.15) is 0 Å². The highest BCUT2D eigenvalue weighted by Crippen LogP contribution is 2.36. The highest BCUT2D eigenvalue weighted by atomic mass is 15.1. The Bertz CT molecular complexity index is 605. The summed E-state index contributed by atoms with van der Waals surface area (Å²) in [5.74, 6) is 0. The van der Waals surface area contributed by atoms with Crippen LogP contribution in [0.25, 0.3) is 10.8 Å². The van der Waals surface area contributed by atoms with E-state index in [1.54, 1.807) is 0 Å². The van der Waals surface area contributed by atoms with E-state index in [4.69, 9.17) is 5.73 Å². The van der Waals surface area contributed by atoms with Gasteiger partial charge in [-0.2, -0.15) is 0 Å². The van der Waals surface area contributed by atoms with Crippen LogP contribution in [0.1, 0.15) is 38.2 Å². The van der Waals surface area contributed by atoms with Crippen LogP contribution in [-0.4, -0.2) is 31.1 Å². The first-order valence-electron chi connectivity index (χ1n) is 8.70. The third-order valence-corrected chi connectivity index (χ3v) is 5.53. The van der Waals surface area contributed by atoms with Gasteiger partial charge < -0.3 is 10.6 Å². The summed E-state index contributed by atoms with van der Waals surface area (Å²) in [6.45, 7) is 6.72. The minimum absolute atomic E-state index is 0.101. The minimum atomic E-state index is 0.101. The van der Waals surface area contributed by atoms with Crippen molar-refractivity contribution < 1.29 is 0 Å². The summed E-state index contributed by atoms with van der Waals surface area (Å²) >= 11 is 0. The van der Waals surface area contributed by atoms with Gasteiger partial charge in [0.15, 0.2) is 0 Å². The van der Waals surface area contributed by atoms with Crippen molar-refractivity contribution in [2.24, 2.45) is 5.73 Å². The number of rotatable bonds is 6. The van der Waals surface area contributed by atoms with Gasteiger partial charge in [-0.1, -0.05) is 49.4 Å². The molecule has 2 aromatic rings. The van der Waals surface area contributed by atoms with E-state index in [1.165, 1.54) is 48.8 Å². The van der Waals surface area contributed by atoms with Crippen LogP contribution in [0.2, 0.25) is 0 Å². The molecule has 3 rings (SSSR count). The van der Waals surface area contributed by atoms with Gasteiger partial charge in [-0.25, -0.2) is 0 Å². The van der Waals surface area contributed by atoms with Crippen molar-refractivity contribution in [3.8, 4) is 0 Å². The van der Waals surface area contributed by atoms with E-state index in [9.17, 15) is 0 Å². The maximum atomic E-state index is 6.31. The molecule has 118 valence electrons. The van der Waals surface area contributed by atoms with Crippen molar-refractivity contribution in [2.75, 3.05) is 26.2 Å². The predicted molar refractivity (Wildman–Crippen MR) is 95.3 cm³/mol. The molecular weight excluding hydrogens is 268 g/mol. The molecule has 0 bridgehead atoms. The molecular formula is C20H28N2. The maximum absolute atomic E-state index is 6.31. The molecule has 0 aromatic heterocycles. The van der Waals surface area contributed by atoms with E-state index in [2.05, 4.69) is 54.3 Å². The summed E-state index contributed by atoms with van der Waals surface area (Å²) in [5, 5.41) is 2.70. The fraction of sp³-hybridized carbons (Fsp3) is 0.500. The molecule has 2 heteroatoms. The molecule has 1 heterocycles. The molecule has 0 radical (unpaired) electrons.